The van der Waals surface area contributed by atoms with Crippen molar-refractivity contribution < 1.29 is 15.1 Å². The van der Waals surface area contributed by atoms with Gasteiger partial charge in [-0.05, 0) is 17.7 Å². The van der Waals surface area contributed by atoms with Crippen LogP contribution in [0.3, 0.4) is 0 Å². The first-order chi connectivity index (χ1) is 7.54. The molecule has 0 saturated carbocycles. The summed E-state index contributed by atoms with van der Waals surface area (Å²) in [7, 11) is 0. The van der Waals surface area contributed by atoms with E-state index in [4.69, 9.17) is 16.2 Å². The Labute approximate surface area is 90.4 Å². The van der Waals surface area contributed by atoms with Crippen LogP contribution in [0.1, 0.15) is 5.56 Å². The van der Waals surface area contributed by atoms with Crippen LogP contribution in [0, 0.1) is 15.5 Å². The average molecular weight is 226 g/mol. The lowest BCUT2D eigenvalue weighted by Gasteiger charge is -2.18. The molecule has 8 heteroatoms. The molecule has 0 aliphatic rings. The summed E-state index contributed by atoms with van der Waals surface area (Å²) in [5, 5.41) is 25.7. The van der Waals surface area contributed by atoms with E-state index in [0.717, 1.165) is 0 Å². The Morgan fingerprint density at radius 1 is 1.69 bits per heavy atom. The van der Waals surface area contributed by atoms with E-state index in [1.54, 1.807) is 12.1 Å². The van der Waals surface area contributed by atoms with Gasteiger partial charge in [0.1, 0.15) is 0 Å². The fourth-order valence-electron chi connectivity index (χ4n) is 1.08. The van der Waals surface area contributed by atoms with Gasteiger partial charge in [0.2, 0.25) is 5.96 Å². The molecule has 0 saturated heterocycles. The lowest BCUT2D eigenvalue weighted by atomic mass is 10.2. The third kappa shape index (κ3) is 2.82. The molecule has 0 aliphatic carbocycles. The molecule has 0 aliphatic heterocycles. The summed E-state index contributed by atoms with van der Waals surface area (Å²) in [6.45, 7) is -0.224. The smallest absolute Gasteiger partial charge is 0.317 e. The summed E-state index contributed by atoms with van der Waals surface area (Å²) in [6, 6.07) is 6.06. The van der Waals surface area contributed by atoms with Crippen molar-refractivity contribution >= 4 is 11.6 Å². The molecule has 16 heavy (non-hydrogen) atoms. The predicted octanol–water partition coefficient (Wildman–Crippen LogP) is 0.00207. The largest absolute Gasteiger partial charge is 0.392 e. The van der Waals surface area contributed by atoms with Crippen LogP contribution in [0.25, 0.3) is 0 Å². The van der Waals surface area contributed by atoms with Gasteiger partial charge in [-0.15, -0.1) is 15.2 Å². The van der Waals surface area contributed by atoms with Gasteiger partial charge in [0, 0.05) is 0 Å². The molecular formula is C8H10N4O4. The van der Waals surface area contributed by atoms with Gasteiger partial charge < -0.3 is 10.8 Å². The number of guanidine groups is 1. The zero-order valence-corrected chi connectivity index (χ0v) is 8.16. The van der Waals surface area contributed by atoms with Crippen LogP contribution < -0.4 is 10.8 Å². The monoisotopic (exact) mass is 226 g/mol. The summed E-state index contributed by atoms with van der Waals surface area (Å²) in [5.41, 5.74) is 5.84. The zero-order valence-electron chi connectivity index (χ0n) is 8.16. The Kier molecular flexibility index (Phi) is 3.62. The van der Waals surface area contributed by atoms with Gasteiger partial charge >= 0.3 is 5.09 Å². The molecule has 0 unspecified atom stereocenters. The molecule has 1 aromatic rings. The van der Waals surface area contributed by atoms with Crippen molar-refractivity contribution in [3.63, 3.8) is 0 Å². The van der Waals surface area contributed by atoms with E-state index in [1.165, 1.54) is 12.1 Å². The van der Waals surface area contributed by atoms with Crippen molar-refractivity contribution in [2.45, 2.75) is 6.61 Å². The highest BCUT2D eigenvalue weighted by Crippen LogP contribution is 2.16. The first-order valence-corrected chi connectivity index (χ1v) is 4.21. The quantitative estimate of drug-likeness (QED) is 0.287. The highest BCUT2D eigenvalue weighted by atomic mass is 17.0. The number of aliphatic hydroxyl groups is 1. The van der Waals surface area contributed by atoms with Gasteiger partial charge in [0.25, 0.3) is 0 Å². The van der Waals surface area contributed by atoms with Gasteiger partial charge in [-0.1, -0.05) is 12.1 Å². The van der Waals surface area contributed by atoms with E-state index in [9.17, 15) is 10.1 Å². The predicted molar refractivity (Wildman–Crippen MR) is 54.8 cm³/mol. The number of anilines is 1. The fourth-order valence-corrected chi connectivity index (χ4v) is 1.08. The second kappa shape index (κ2) is 4.94. The van der Waals surface area contributed by atoms with Crippen molar-refractivity contribution in [2.24, 2.45) is 5.73 Å². The molecule has 8 nitrogen and oxygen atoms in total. The maximum atomic E-state index is 10.2. The second-order valence-corrected chi connectivity index (χ2v) is 2.81. The first-order valence-electron chi connectivity index (χ1n) is 4.21. The Balaban J connectivity index is 3.00. The molecule has 0 heterocycles. The molecule has 4 N–H and O–H groups in total. The molecule has 1 rings (SSSR count). The van der Waals surface area contributed by atoms with Gasteiger partial charge in [-0.2, -0.15) is 4.94 Å². The topological polar surface area (TPSA) is 126 Å². The van der Waals surface area contributed by atoms with E-state index in [0.29, 0.717) is 10.6 Å². The van der Waals surface area contributed by atoms with Crippen molar-refractivity contribution in [1.29, 1.82) is 5.41 Å². The Morgan fingerprint density at radius 2 is 2.38 bits per heavy atom. The number of rotatable bonds is 4. The molecule has 0 atom stereocenters. The van der Waals surface area contributed by atoms with Crippen LogP contribution >= 0.6 is 0 Å². The molecule has 0 fully saturated rings. The summed E-state index contributed by atoms with van der Waals surface area (Å²) < 4.78 is 0. The maximum absolute atomic E-state index is 10.2. The number of nitrogens with one attached hydrogen (secondary N) is 1. The first kappa shape index (κ1) is 11.7. The molecule has 0 aromatic heterocycles. The van der Waals surface area contributed by atoms with E-state index in [-0.39, 0.29) is 12.3 Å². The van der Waals surface area contributed by atoms with E-state index in [2.05, 4.69) is 4.94 Å². The maximum Gasteiger partial charge on any atom is 0.317 e. The highest BCUT2D eigenvalue weighted by Gasteiger charge is 2.14. The standard InChI is InChI=1S/C8H10N4O4/c9-8(10)11(16-12(14)15)7-3-1-2-6(4-7)5-13/h1-4,13H,5H2,(H3,9,10). The van der Waals surface area contributed by atoms with Crippen molar-refractivity contribution in [2.75, 3.05) is 5.06 Å². The van der Waals surface area contributed by atoms with Crippen LogP contribution in [0.15, 0.2) is 24.3 Å². The minimum absolute atomic E-state index is 0.191. The van der Waals surface area contributed by atoms with Crippen molar-refractivity contribution in [1.82, 2.24) is 0 Å². The van der Waals surface area contributed by atoms with Crippen molar-refractivity contribution in [3.05, 3.63) is 39.9 Å². The molecule has 86 valence electrons. The normalized spacial score (nSPS) is 9.56. The van der Waals surface area contributed by atoms with Gasteiger partial charge in [-0.25, -0.2) is 0 Å². The number of nitrogens with two attached hydrogens (primary N) is 1. The number of benzene rings is 1. The van der Waals surface area contributed by atoms with Gasteiger partial charge in [-0.3, -0.25) is 5.41 Å². The third-order valence-electron chi connectivity index (χ3n) is 1.69. The number of hydroxylamine groups is 1. The SMILES string of the molecule is N=C(N)N(O[N+](=O)[O-])c1cccc(CO)c1. The van der Waals surface area contributed by atoms with E-state index >= 15 is 0 Å². The highest BCUT2D eigenvalue weighted by molar-refractivity contribution is 5.90. The number of nitrogens with zero attached hydrogens (tertiary/aromatic N) is 2. The number of hydrogen-bond donors (Lipinski definition) is 3. The molecule has 0 spiro atoms. The summed E-state index contributed by atoms with van der Waals surface area (Å²) in [6.07, 6.45) is 0. The minimum Gasteiger partial charge on any atom is -0.392 e. The molecule has 0 amide bonds. The number of hydrogen-bond acceptors (Lipinski definition) is 5. The summed E-state index contributed by atoms with van der Waals surface area (Å²) in [4.78, 5) is 14.3. The van der Waals surface area contributed by atoms with Gasteiger partial charge in [0.15, 0.2) is 0 Å². The zero-order chi connectivity index (χ0) is 12.1. The van der Waals surface area contributed by atoms with Gasteiger partial charge in [0.05, 0.1) is 12.3 Å². The number of aliphatic hydroxyl groups excluding tert-OH is 1. The Morgan fingerprint density at radius 3 is 2.88 bits per heavy atom. The lowest BCUT2D eigenvalue weighted by molar-refractivity contribution is -0.758. The average Bonchev–Trinajstić information content (AvgIpc) is 2.25. The van der Waals surface area contributed by atoms with E-state index in [1.807, 2.05) is 0 Å². The summed E-state index contributed by atoms with van der Waals surface area (Å²) in [5.74, 6) is -0.633. The molecule has 1 aromatic carbocycles. The summed E-state index contributed by atoms with van der Waals surface area (Å²) >= 11 is 0. The molecule has 0 radical (unpaired) electrons. The molecular weight excluding hydrogens is 216 g/mol. The Bertz CT molecular complexity index is 409. The van der Waals surface area contributed by atoms with Crippen LogP contribution in [0.2, 0.25) is 0 Å². The Hall–Kier alpha value is -2.35. The minimum atomic E-state index is -1.08. The third-order valence-corrected chi connectivity index (χ3v) is 1.69. The van der Waals surface area contributed by atoms with E-state index < -0.39 is 11.0 Å². The van der Waals surface area contributed by atoms with Crippen LogP contribution in [0.5, 0.6) is 0 Å². The van der Waals surface area contributed by atoms with Crippen LogP contribution in [0.4, 0.5) is 5.69 Å². The second-order valence-electron chi connectivity index (χ2n) is 2.81. The fraction of sp³-hybridized carbons (Fsp3) is 0.125. The lowest BCUT2D eigenvalue weighted by Crippen LogP contribution is -2.38. The van der Waals surface area contributed by atoms with Crippen LogP contribution in [-0.2, 0) is 11.5 Å². The molecule has 0 bridgehead atoms. The van der Waals surface area contributed by atoms with Crippen molar-refractivity contribution in [3.8, 4) is 0 Å². The van der Waals surface area contributed by atoms with Crippen LogP contribution in [-0.4, -0.2) is 16.2 Å².